The number of ether oxygens (including phenoxy) is 1. The van der Waals surface area contributed by atoms with Gasteiger partial charge in [0.05, 0.1) is 11.6 Å². The van der Waals surface area contributed by atoms with Crippen molar-refractivity contribution in [1.82, 2.24) is 5.32 Å². The van der Waals surface area contributed by atoms with Gasteiger partial charge in [-0.05, 0) is 49.6 Å². The summed E-state index contributed by atoms with van der Waals surface area (Å²) in [6.45, 7) is 0. The molecule has 138 valence electrons. The first-order valence-corrected chi connectivity index (χ1v) is 8.98. The molecule has 2 atom stereocenters. The van der Waals surface area contributed by atoms with Crippen LogP contribution in [0.15, 0.2) is 54.6 Å². The molecule has 0 spiro atoms. The minimum absolute atomic E-state index is 0.0634. The molecule has 0 aliphatic heterocycles. The lowest BCUT2D eigenvalue weighted by Gasteiger charge is -2.29. The van der Waals surface area contributed by atoms with Crippen LogP contribution in [0.1, 0.15) is 41.6 Å². The summed E-state index contributed by atoms with van der Waals surface area (Å²) >= 11 is 0. The SMILES string of the molecule is N#Cc1cccc(C(=O)NC2CCCC(OC(=O)Nc3ccccc3)C2)c1. The van der Waals surface area contributed by atoms with Crippen LogP contribution in [0.25, 0.3) is 0 Å². The molecule has 2 aromatic rings. The highest BCUT2D eigenvalue weighted by Crippen LogP contribution is 2.22. The molecule has 27 heavy (non-hydrogen) atoms. The van der Waals surface area contributed by atoms with Crippen molar-refractivity contribution in [2.75, 3.05) is 5.32 Å². The summed E-state index contributed by atoms with van der Waals surface area (Å²) in [5.41, 5.74) is 1.59. The average Bonchev–Trinajstić information content (AvgIpc) is 2.69. The van der Waals surface area contributed by atoms with E-state index in [1.54, 1.807) is 36.4 Å². The minimum Gasteiger partial charge on any atom is -0.446 e. The highest BCUT2D eigenvalue weighted by Gasteiger charge is 2.26. The van der Waals surface area contributed by atoms with Crippen molar-refractivity contribution in [3.05, 3.63) is 65.7 Å². The van der Waals surface area contributed by atoms with Crippen LogP contribution in [0.3, 0.4) is 0 Å². The van der Waals surface area contributed by atoms with E-state index in [1.165, 1.54) is 0 Å². The van der Waals surface area contributed by atoms with Crippen molar-refractivity contribution in [3.63, 3.8) is 0 Å². The quantitative estimate of drug-likeness (QED) is 0.863. The fraction of sp³-hybridized carbons (Fsp3) is 0.286. The third kappa shape index (κ3) is 5.32. The number of benzene rings is 2. The first-order valence-electron chi connectivity index (χ1n) is 8.98. The maximum atomic E-state index is 12.4. The summed E-state index contributed by atoms with van der Waals surface area (Å²) in [5, 5.41) is 14.6. The predicted molar refractivity (Wildman–Crippen MR) is 101 cm³/mol. The molecule has 0 radical (unpaired) electrons. The first-order chi connectivity index (χ1) is 13.1. The molecule has 2 aromatic carbocycles. The summed E-state index contributed by atoms with van der Waals surface area (Å²) in [6, 6.07) is 17.7. The third-order valence-corrected chi connectivity index (χ3v) is 4.51. The van der Waals surface area contributed by atoms with Crippen LogP contribution in [0.4, 0.5) is 10.5 Å². The second kappa shape index (κ2) is 8.86. The summed E-state index contributed by atoms with van der Waals surface area (Å²) < 4.78 is 5.50. The molecule has 1 fully saturated rings. The Morgan fingerprint density at radius 3 is 2.67 bits per heavy atom. The predicted octanol–water partition coefficient (Wildman–Crippen LogP) is 3.85. The van der Waals surface area contributed by atoms with Crippen LogP contribution < -0.4 is 10.6 Å². The summed E-state index contributed by atoms with van der Waals surface area (Å²) in [7, 11) is 0. The van der Waals surface area contributed by atoms with Crippen LogP contribution in [-0.2, 0) is 4.74 Å². The maximum absolute atomic E-state index is 12.4. The van der Waals surface area contributed by atoms with Gasteiger partial charge in [-0.2, -0.15) is 5.26 Å². The number of hydrogen-bond acceptors (Lipinski definition) is 4. The van der Waals surface area contributed by atoms with Gasteiger partial charge in [-0.25, -0.2) is 4.79 Å². The second-order valence-electron chi connectivity index (χ2n) is 6.55. The monoisotopic (exact) mass is 363 g/mol. The van der Waals surface area contributed by atoms with E-state index in [2.05, 4.69) is 10.6 Å². The Hall–Kier alpha value is -3.33. The van der Waals surface area contributed by atoms with Crippen LogP contribution >= 0.6 is 0 Å². The van der Waals surface area contributed by atoms with Gasteiger partial charge >= 0.3 is 6.09 Å². The lowest BCUT2D eigenvalue weighted by molar-refractivity contribution is 0.0712. The van der Waals surface area contributed by atoms with E-state index in [0.29, 0.717) is 23.2 Å². The van der Waals surface area contributed by atoms with Crippen LogP contribution in [0.5, 0.6) is 0 Å². The number of nitrogens with one attached hydrogen (secondary N) is 2. The fourth-order valence-electron chi connectivity index (χ4n) is 3.20. The van der Waals surface area contributed by atoms with Crippen LogP contribution in [-0.4, -0.2) is 24.1 Å². The van der Waals surface area contributed by atoms with Crippen molar-refractivity contribution in [1.29, 1.82) is 5.26 Å². The molecule has 0 saturated heterocycles. The highest BCUT2D eigenvalue weighted by molar-refractivity contribution is 5.94. The topological polar surface area (TPSA) is 91.2 Å². The largest absolute Gasteiger partial charge is 0.446 e. The molecule has 2 unspecified atom stereocenters. The molecule has 3 rings (SSSR count). The van der Waals surface area contributed by atoms with Gasteiger partial charge in [0.1, 0.15) is 6.10 Å². The van der Waals surface area contributed by atoms with E-state index in [0.717, 1.165) is 19.3 Å². The molecule has 0 bridgehead atoms. The van der Waals surface area contributed by atoms with Gasteiger partial charge in [0, 0.05) is 23.7 Å². The van der Waals surface area contributed by atoms with Crippen LogP contribution in [0.2, 0.25) is 0 Å². The Labute approximate surface area is 158 Å². The van der Waals surface area contributed by atoms with Gasteiger partial charge in [0.2, 0.25) is 0 Å². The minimum atomic E-state index is -0.486. The zero-order valence-corrected chi connectivity index (χ0v) is 14.9. The standard InChI is InChI=1S/C21H21N3O3/c22-14-15-6-4-7-16(12-15)20(25)23-18-10-5-11-19(13-18)27-21(26)24-17-8-2-1-3-9-17/h1-4,6-9,12,18-19H,5,10-11,13H2,(H,23,25)(H,24,26). The molecular formula is C21H21N3O3. The average molecular weight is 363 g/mol. The Morgan fingerprint density at radius 2 is 1.89 bits per heavy atom. The molecule has 6 heteroatoms. The van der Waals surface area contributed by atoms with E-state index in [4.69, 9.17) is 10.00 Å². The van der Waals surface area contributed by atoms with Gasteiger partial charge in [-0.3, -0.25) is 10.1 Å². The van der Waals surface area contributed by atoms with Crippen molar-refractivity contribution in [2.45, 2.75) is 37.8 Å². The molecule has 2 N–H and O–H groups in total. The van der Waals surface area contributed by atoms with E-state index in [-0.39, 0.29) is 18.1 Å². The molecule has 0 aromatic heterocycles. The number of amides is 2. The number of anilines is 1. The Bertz CT molecular complexity index is 845. The fourth-order valence-corrected chi connectivity index (χ4v) is 3.20. The molecule has 1 aliphatic rings. The summed E-state index contributed by atoms with van der Waals surface area (Å²) in [6.07, 6.45) is 2.33. The maximum Gasteiger partial charge on any atom is 0.411 e. The zero-order valence-electron chi connectivity index (χ0n) is 14.9. The van der Waals surface area contributed by atoms with Gasteiger partial charge in [-0.15, -0.1) is 0 Å². The molecular weight excluding hydrogens is 342 g/mol. The Morgan fingerprint density at radius 1 is 1.07 bits per heavy atom. The van der Waals surface area contributed by atoms with E-state index in [1.807, 2.05) is 24.3 Å². The van der Waals surface area contributed by atoms with Crippen molar-refractivity contribution < 1.29 is 14.3 Å². The zero-order chi connectivity index (χ0) is 19.1. The normalized spacial score (nSPS) is 18.8. The van der Waals surface area contributed by atoms with E-state index >= 15 is 0 Å². The Balaban J connectivity index is 1.52. The number of carbonyl (C=O) groups excluding carboxylic acids is 2. The number of nitrogens with zero attached hydrogens (tertiary/aromatic N) is 1. The van der Waals surface area contributed by atoms with Gasteiger partial charge < -0.3 is 10.1 Å². The van der Waals surface area contributed by atoms with Crippen molar-refractivity contribution >= 4 is 17.7 Å². The molecule has 1 saturated carbocycles. The van der Waals surface area contributed by atoms with Gasteiger partial charge in [-0.1, -0.05) is 24.3 Å². The number of rotatable bonds is 4. The molecule has 6 nitrogen and oxygen atoms in total. The highest BCUT2D eigenvalue weighted by atomic mass is 16.6. The lowest BCUT2D eigenvalue weighted by atomic mass is 9.92. The summed E-state index contributed by atoms with van der Waals surface area (Å²) in [4.78, 5) is 24.5. The molecule has 0 heterocycles. The van der Waals surface area contributed by atoms with Crippen molar-refractivity contribution in [3.8, 4) is 6.07 Å². The number of para-hydroxylation sites is 1. The third-order valence-electron chi connectivity index (χ3n) is 4.51. The van der Waals surface area contributed by atoms with Gasteiger partial charge in [0.25, 0.3) is 5.91 Å². The van der Waals surface area contributed by atoms with E-state index < -0.39 is 6.09 Å². The second-order valence-corrected chi connectivity index (χ2v) is 6.55. The lowest BCUT2D eigenvalue weighted by Crippen LogP contribution is -2.41. The molecule has 1 aliphatic carbocycles. The summed E-state index contributed by atoms with van der Waals surface area (Å²) in [5.74, 6) is -0.216. The smallest absolute Gasteiger partial charge is 0.411 e. The number of carbonyl (C=O) groups is 2. The van der Waals surface area contributed by atoms with E-state index in [9.17, 15) is 9.59 Å². The number of hydrogen-bond donors (Lipinski definition) is 2. The molecule has 2 amide bonds. The first kappa shape index (κ1) is 18.5. The Kier molecular flexibility index (Phi) is 6.06. The van der Waals surface area contributed by atoms with Gasteiger partial charge in [0.15, 0.2) is 0 Å². The van der Waals surface area contributed by atoms with Crippen LogP contribution in [0, 0.1) is 11.3 Å². The number of nitriles is 1. The van der Waals surface area contributed by atoms with Crippen molar-refractivity contribution in [2.24, 2.45) is 0 Å².